The topological polar surface area (TPSA) is 127 Å². The van der Waals surface area contributed by atoms with E-state index in [9.17, 15) is 32.7 Å². The highest BCUT2D eigenvalue weighted by Gasteiger charge is 2.55. The Labute approximate surface area is 232 Å². The van der Waals surface area contributed by atoms with Gasteiger partial charge in [0.2, 0.25) is 0 Å². The number of alkyl halides is 3. The molecule has 0 aromatic rings. The Balaban J connectivity index is 1.89. The maximum atomic E-state index is 13.3. The molecule has 0 radical (unpaired) electrons. The van der Waals surface area contributed by atoms with Crippen LogP contribution in [0.25, 0.3) is 0 Å². The van der Waals surface area contributed by atoms with Crippen molar-refractivity contribution in [1.29, 1.82) is 0 Å². The van der Waals surface area contributed by atoms with E-state index in [1.54, 1.807) is 4.90 Å². The summed E-state index contributed by atoms with van der Waals surface area (Å²) in [4.78, 5) is 40.0. The van der Waals surface area contributed by atoms with Crippen molar-refractivity contribution in [3.8, 4) is 0 Å². The highest BCUT2D eigenvalue weighted by atomic mass is 19.4. The molecule has 3 aliphatic heterocycles. The highest BCUT2D eigenvalue weighted by molar-refractivity contribution is 5.82. The van der Waals surface area contributed by atoms with Crippen molar-refractivity contribution in [2.45, 2.75) is 96.4 Å². The van der Waals surface area contributed by atoms with Gasteiger partial charge in [0.05, 0.1) is 6.61 Å². The number of esters is 2. The first-order chi connectivity index (χ1) is 18.8. The Kier molecular flexibility index (Phi) is 11.6. The van der Waals surface area contributed by atoms with Gasteiger partial charge in [-0.25, -0.2) is 0 Å². The van der Waals surface area contributed by atoms with Gasteiger partial charge in [0.25, 0.3) is 0 Å². The predicted octanol–water partition coefficient (Wildman–Crippen LogP) is 1.42. The maximum absolute atomic E-state index is 13.3. The molecule has 0 aromatic heterocycles. The number of nitrogens with one attached hydrogen (secondary N) is 1. The van der Waals surface area contributed by atoms with Gasteiger partial charge in [-0.2, -0.15) is 13.2 Å². The molecule has 0 saturated carbocycles. The van der Waals surface area contributed by atoms with Crippen LogP contribution in [-0.2, 0) is 33.3 Å². The van der Waals surface area contributed by atoms with Crippen LogP contribution in [0.1, 0.15) is 53.4 Å². The predicted molar refractivity (Wildman–Crippen MR) is 135 cm³/mol. The van der Waals surface area contributed by atoms with Crippen molar-refractivity contribution in [2.24, 2.45) is 11.8 Å². The molecule has 0 spiro atoms. The lowest BCUT2D eigenvalue weighted by Gasteiger charge is -2.48. The van der Waals surface area contributed by atoms with E-state index in [4.69, 9.17) is 18.9 Å². The fourth-order valence-electron chi connectivity index (χ4n) is 5.37. The van der Waals surface area contributed by atoms with Crippen LogP contribution < -0.4 is 5.32 Å². The van der Waals surface area contributed by atoms with Gasteiger partial charge in [0.15, 0.2) is 18.5 Å². The second kappa shape index (κ2) is 14.3. The lowest BCUT2D eigenvalue weighted by atomic mass is 9.92. The zero-order valence-corrected chi connectivity index (χ0v) is 23.5. The van der Waals surface area contributed by atoms with Crippen molar-refractivity contribution >= 4 is 17.8 Å². The van der Waals surface area contributed by atoms with Crippen LogP contribution in [0.15, 0.2) is 0 Å². The highest BCUT2D eigenvalue weighted by Crippen LogP contribution is 2.32. The molecule has 40 heavy (non-hydrogen) atoms. The van der Waals surface area contributed by atoms with Crippen LogP contribution in [-0.4, -0.2) is 115 Å². The van der Waals surface area contributed by atoms with Crippen molar-refractivity contribution in [2.75, 3.05) is 39.3 Å². The molecule has 1 amide bonds. The second-order valence-corrected chi connectivity index (χ2v) is 11.1. The standard InChI is InChI=1S/C26H42F3N3O8/c1-15-5-9-31(10-6-15)13-14-37-24-19(30-25(36)26(27,28)29)20(38-17(3)33)21(39-18(4)34)22(40-24)23(35)32-11-7-16(2)8-12-32/h15-16,19-24,35H,5-14H2,1-4H3,(H,30,36)/t19-,20-,21+,22+,23?,24-/m1/s1. The van der Waals surface area contributed by atoms with Crippen molar-refractivity contribution in [1.82, 2.24) is 15.1 Å². The molecule has 14 heteroatoms. The largest absolute Gasteiger partial charge is 0.471 e. The number of nitrogens with zero attached hydrogens (tertiary/aromatic N) is 2. The molecule has 11 nitrogen and oxygen atoms in total. The average molecular weight is 582 g/mol. The van der Waals surface area contributed by atoms with Crippen molar-refractivity contribution < 1.29 is 51.6 Å². The summed E-state index contributed by atoms with van der Waals surface area (Å²) in [5.41, 5.74) is 0. The van der Waals surface area contributed by atoms with E-state index in [1.807, 2.05) is 5.32 Å². The van der Waals surface area contributed by atoms with Gasteiger partial charge in [-0.05, 0) is 50.6 Å². The minimum Gasteiger partial charge on any atom is -0.456 e. The molecule has 6 atom stereocenters. The second-order valence-electron chi connectivity index (χ2n) is 11.1. The number of likely N-dealkylation sites (tertiary alicyclic amines) is 2. The van der Waals surface area contributed by atoms with Crippen molar-refractivity contribution in [3.05, 3.63) is 0 Å². The number of amides is 1. The Bertz CT molecular complexity index is 863. The molecule has 230 valence electrons. The first-order valence-electron chi connectivity index (χ1n) is 13.9. The quantitative estimate of drug-likeness (QED) is 0.386. The molecule has 3 saturated heterocycles. The van der Waals surface area contributed by atoms with E-state index < -0.39 is 60.9 Å². The molecule has 0 aliphatic carbocycles. The number of carbonyl (C=O) groups is 3. The van der Waals surface area contributed by atoms with Gasteiger partial charge in [0.1, 0.15) is 18.4 Å². The van der Waals surface area contributed by atoms with Gasteiger partial charge in [-0.1, -0.05) is 13.8 Å². The summed E-state index contributed by atoms with van der Waals surface area (Å²) in [5.74, 6) is -3.00. The summed E-state index contributed by atoms with van der Waals surface area (Å²) in [6.45, 7) is 9.52. The van der Waals surface area contributed by atoms with Crippen LogP contribution in [0.2, 0.25) is 0 Å². The van der Waals surface area contributed by atoms with Crippen LogP contribution in [0.4, 0.5) is 13.2 Å². The fraction of sp³-hybridized carbons (Fsp3) is 0.885. The van der Waals surface area contributed by atoms with Gasteiger partial charge in [-0.3, -0.25) is 19.3 Å². The number of rotatable bonds is 9. The minimum atomic E-state index is -5.26. The maximum Gasteiger partial charge on any atom is 0.471 e. The van der Waals surface area contributed by atoms with E-state index >= 15 is 0 Å². The lowest BCUT2D eigenvalue weighted by Crippen LogP contribution is -2.70. The van der Waals surface area contributed by atoms with Crippen LogP contribution in [0.3, 0.4) is 0 Å². The number of aliphatic hydroxyl groups is 1. The SMILES string of the molecule is CC(=O)O[C@@H]1[C@@H](NC(=O)C(F)(F)F)[C@H](OCCN2CCC(C)CC2)O[C@H](C(O)N2CCC(C)CC2)[C@H]1OC(C)=O. The molecular weight excluding hydrogens is 539 g/mol. The van der Waals surface area contributed by atoms with E-state index in [0.717, 1.165) is 52.6 Å². The molecule has 3 aliphatic rings. The van der Waals surface area contributed by atoms with Crippen LogP contribution in [0.5, 0.6) is 0 Å². The molecule has 3 fully saturated rings. The average Bonchev–Trinajstić information content (AvgIpc) is 2.87. The van der Waals surface area contributed by atoms with Gasteiger partial charge in [0, 0.05) is 33.5 Å². The van der Waals surface area contributed by atoms with E-state index in [2.05, 4.69) is 18.7 Å². The zero-order valence-electron chi connectivity index (χ0n) is 23.5. The van der Waals surface area contributed by atoms with E-state index in [-0.39, 0.29) is 6.61 Å². The van der Waals surface area contributed by atoms with Gasteiger partial charge < -0.3 is 34.3 Å². The summed E-state index contributed by atoms with van der Waals surface area (Å²) >= 11 is 0. The zero-order chi connectivity index (χ0) is 29.6. The molecular formula is C26H42F3N3O8. The number of hydrogen-bond donors (Lipinski definition) is 2. The number of halogens is 3. The van der Waals surface area contributed by atoms with E-state index in [0.29, 0.717) is 31.5 Å². The molecule has 0 bridgehead atoms. The number of hydrogen-bond acceptors (Lipinski definition) is 10. The van der Waals surface area contributed by atoms with E-state index in [1.165, 1.54) is 0 Å². The molecule has 3 heterocycles. The fourth-order valence-corrected chi connectivity index (χ4v) is 5.37. The molecule has 0 aromatic carbocycles. The third-order valence-electron chi connectivity index (χ3n) is 7.80. The van der Waals surface area contributed by atoms with Crippen LogP contribution >= 0.6 is 0 Å². The van der Waals surface area contributed by atoms with Gasteiger partial charge in [-0.15, -0.1) is 0 Å². The number of piperidine rings is 2. The Hall–Kier alpha value is -2.00. The minimum absolute atomic E-state index is 0.0342. The third-order valence-corrected chi connectivity index (χ3v) is 7.80. The molecule has 2 N–H and O–H groups in total. The first-order valence-corrected chi connectivity index (χ1v) is 13.9. The third kappa shape index (κ3) is 9.00. The molecule has 3 rings (SSSR count). The summed E-state index contributed by atoms with van der Waals surface area (Å²) in [6, 6.07) is -1.69. The number of carbonyl (C=O) groups excluding carboxylic acids is 3. The number of aliphatic hydroxyl groups excluding tert-OH is 1. The summed E-state index contributed by atoms with van der Waals surface area (Å²) in [7, 11) is 0. The van der Waals surface area contributed by atoms with Gasteiger partial charge >= 0.3 is 24.0 Å². The van der Waals surface area contributed by atoms with Crippen molar-refractivity contribution in [3.63, 3.8) is 0 Å². The summed E-state index contributed by atoms with van der Waals surface area (Å²) in [5, 5.41) is 13.1. The smallest absolute Gasteiger partial charge is 0.456 e. The lowest BCUT2D eigenvalue weighted by molar-refractivity contribution is -0.301. The number of ether oxygens (including phenoxy) is 4. The monoisotopic (exact) mass is 581 g/mol. The summed E-state index contributed by atoms with van der Waals surface area (Å²) in [6.07, 6.45) is -9.09. The summed E-state index contributed by atoms with van der Waals surface area (Å²) < 4.78 is 62.5. The first kappa shape index (κ1) is 32.5. The Morgan fingerprint density at radius 2 is 1.48 bits per heavy atom. The van der Waals surface area contributed by atoms with Crippen LogP contribution in [0, 0.1) is 11.8 Å². The normalized spacial score (nSPS) is 30.4. The Morgan fingerprint density at radius 3 is 2.00 bits per heavy atom. The Morgan fingerprint density at radius 1 is 0.950 bits per heavy atom. The molecule has 1 unspecified atom stereocenters.